The number of carbonyl (C=O) groups excluding carboxylic acids is 4. The van der Waals surface area contributed by atoms with Crippen molar-refractivity contribution >= 4 is 63.6 Å². The van der Waals surface area contributed by atoms with Gasteiger partial charge in [0.05, 0.1) is 17.4 Å². The average molecular weight is 700 g/mol. The van der Waals surface area contributed by atoms with Crippen LogP contribution in [0.1, 0.15) is 76.3 Å². The van der Waals surface area contributed by atoms with Crippen LogP contribution in [-0.2, 0) is 27.2 Å². The number of halogens is 1. The second kappa shape index (κ2) is 17.1. The summed E-state index contributed by atoms with van der Waals surface area (Å²) in [6.07, 6.45) is 6.59. The van der Waals surface area contributed by atoms with E-state index in [1.54, 1.807) is 61.5 Å². The summed E-state index contributed by atoms with van der Waals surface area (Å²) < 4.78 is 19.9. The van der Waals surface area contributed by atoms with Gasteiger partial charge in [-0.25, -0.2) is 9.18 Å². The van der Waals surface area contributed by atoms with Crippen molar-refractivity contribution < 1.29 is 28.3 Å². The van der Waals surface area contributed by atoms with Gasteiger partial charge in [0.1, 0.15) is 16.5 Å². The maximum absolute atomic E-state index is 14.5. The van der Waals surface area contributed by atoms with Crippen molar-refractivity contribution in [2.45, 2.75) is 62.5 Å². The van der Waals surface area contributed by atoms with Gasteiger partial charge in [-0.05, 0) is 87.1 Å². The van der Waals surface area contributed by atoms with Gasteiger partial charge in [-0.1, -0.05) is 55.8 Å². The molecule has 0 bridgehead atoms. The van der Waals surface area contributed by atoms with Crippen LogP contribution in [0.25, 0.3) is 6.08 Å². The number of esters is 1. The highest BCUT2D eigenvalue weighted by atomic mass is 32.2. The molecule has 3 N–H and O–H groups in total. The third-order valence-electron chi connectivity index (χ3n) is 7.90. The zero-order valence-corrected chi connectivity index (χ0v) is 29.0. The summed E-state index contributed by atoms with van der Waals surface area (Å²) in [6.45, 7) is 3.92. The summed E-state index contributed by atoms with van der Waals surface area (Å²) in [6, 6.07) is 21.4. The highest BCUT2D eigenvalue weighted by Gasteiger charge is 2.28. The topological polar surface area (TPSA) is 114 Å². The summed E-state index contributed by atoms with van der Waals surface area (Å²) in [5.41, 5.74) is 2.21. The number of hydrogen-bond donors (Lipinski definition) is 3. The third kappa shape index (κ3) is 9.24. The number of thiophene rings is 1. The number of amides is 3. The number of thioether (sulfide) groups is 1. The van der Waals surface area contributed by atoms with Gasteiger partial charge in [0, 0.05) is 26.6 Å². The molecule has 1 heterocycles. The van der Waals surface area contributed by atoms with E-state index in [1.165, 1.54) is 47.4 Å². The Morgan fingerprint density at radius 2 is 1.67 bits per heavy atom. The van der Waals surface area contributed by atoms with Gasteiger partial charge in [0.25, 0.3) is 11.8 Å². The van der Waals surface area contributed by atoms with Gasteiger partial charge < -0.3 is 20.7 Å². The Bertz CT molecular complexity index is 1860. The Labute approximate surface area is 293 Å². The van der Waals surface area contributed by atoms with Crippen LogP contribution < -0.4 is 16.0 Å². The Morgan fingerprint density at radius 1 is 0.918 bits per heavy atom. The van der Waals surface area contributed by atoms with Crippen LogP contribution in [-0.4, -0.2) is 35.5 Å². The van der Waals surface area contributed by atoms with Crippen molar-refractivity contribution in [3.8, 4) is 0 Å². The Hall–Kier alpha value is -4.74. The number of anilines is 2. The molecule has 0 fully saturated rings. The number of rotatable bonds is 12. The molecule has 0 saturated carbocycles. The molecule has 0 spiro atoms. The quantitative estimate of drug-likeness (QED) is 0.0594. The van der Waals surface area contributed by atoms with E-state index in [2.05, 4.69) is 16.0 Å². The monoisotopic (exact) mass is 699 g/mol. The van der Waals surface area contributed by atoms with Crippen LogP contribution in [0.4, 0.5) is 15.1 Å². The lowest BCUT2D eigenvalue weighted by molar-refractivity contribution is -0.116. The van der Waals surface area contributed by atoms with Crippen molar-refractivity contribution in [1.29, 1.82) is 0 Å². The van der Waals surface area contributed by atoms with E-state index in [4.69, 9.17) is 4.74 Å². The first-order chi connectivity index (χ1) is 23.8. The smallest absolute Gasteiger partial charge is 0.341 e. The van der Waals surface area contributed by atoms with E-state index < -0.39 is 28.9 Å². The predicted octanol–water partition coefficient (Wildman–Crippen LogP) is 8.25. The van der Waals surface area contributed by atoms with Crippen LogP contribution in [0.5, 0.6) is 0 Å². The summed E-state index contributed by atoms with van der Waals surface area (Å²) in [5.74, 6) is -2.36. The van der Waals surface area contributed by atoms with Crippen LogP contribution in [0, 0.1) is 5.82 Å². The van der Waals surface area contributed by atoms with Crippen molar-refractivity contribution in [3.63, 3.8) is 0 Å². The van der Waals surface area contributed by atoms with Gasteiger partial charge in [0.2, 0.25) is 5.91 Å². The van der Waals surface area contributed by atoms with Crippen LogP contribution >= 0.6 is 23.1 Å². The number of benzene rings is 3. The second-order valence-electron chi connectivity index (χ2n) is 11.4. The van der Waals surface area contributed by atoms with E-state index in [-0.39, 0.29) is 23.8 Å². The highest BCUT2D eigenvalue weighted by Crippen LogP contribution is 2.39. The SMILES string of the molecule is CCOC(=O)c1c(NC(=O)C(CC)Sc2cccc(NC(=O)/C(=C/c3ccccc3F)NC(=O)c3ccccc3)c2)sc2c1CCCCC2. The van der Waals surface area contributed by atoms with Gasteiger partial charge in [-0.3, -0.25) is 14.4 Å². The highest BCUT2D eigenvalue weighted by molar-refractivity contribution is 8.00. The average Bonchev–Trinajstić information content (AvgIpc) is 3.27. The fraction of sp³-hybridized carbons (Fsp3) is 0.263. The lowest BCUT2D eigenvalue weighted by atomic mass is 10.1. The molecule has 4 aromatic rings. The first-order valence-electron chi connectivity index (χ1n) is 16.3. The lowest BCUT2D eigenvalue weighted by Crippen LogP contribution is -2.30. The largest absolute Gasteiger partial charge is 0.462 e. The third-order valence-corrected chi connectivity index (χ3v) is 10.5. The number of fused-ring (bicyclic) bond motifs is 1. The Balaban J connectivity index is 1.32. The Kier molecular flexibility index (Phi) is 12.4. The standard InChI is InChI=1S/C38H38FN3O5S2/c1-3-31(36(45)42-37-33(38(46)47-4-2)28-19-9-6-10-21-32(28)49-37)48-27-18-13-17-26(23-27)40-35(44)30(22-25-16-11-12-20-29(25)39)41-34(43)24-14-7-5-8-15-24/h5,7-8,11-18,20,22-23,31H,3-4,6,9-10,19,21H2,1-2H3,(H,40,44)(H,41,43)(H,42,45)/b30-22-. The van der Waals surface area contributed by atoms with E-state index >= 15 is 0 Å². The molecule has 1 aromatic heterocycles. The molecule has 1 aliphatic carbocycles. The fourth-order valence-corrected chi connectivity index (χ4v) is 7.76. The molecule has 8 nitrogen and oxygen atoms in total. The summed E-state index contributed by atoms with van der Waals surface area (Å²) in [4.78, 5) is 54.9. The minimum absolute atomic E-state index is 0.135. The number of carbonyl (C=O) groups is 4. The molecule has 49 heavy (non-hydrogen) atoms. The molecule has 5 rings (SSSR count). The van der Waals surface area contributed by atoms with Crippen molar-refractivity contribution in [2.75, 3.05) is 17.2 Å². The van der Waals surface area contributed by atoms with E-state index in [0.29, 0.717) is 28.2 Å². The van der Waals surface area contributed by atoms with Gasteiger partial charge in [-0.2, -0.15) is 0 Å². The molecule has 3 amide bonds. The zero-order chi connectivity index (χ0) is 34.8. The summed E-state index contributed by atoms with van der Waals surface area (Å²) in [5, 5.41) is 8.48. The molecule has 11 heteroatoms. The van der Waals surface area contributed by atoms with E-state index in [9.17, 15) is 23.6 Å². The maximum Gasteiger partial charge on any atom is 0.341 e. The normalized spacial score (nSPS) is 13.4. The first kappa shape index (κ1) is 35.6. The van der Waals surface area contributed by atoms with Crippen LogP contribution in [0.2, 0.25) is 0 Å². The maximum atomic E-state index is 14.5. The minimum Gasteiger partial charge on any atom is -0.462 e. The molecule has 3 aromatic carbocycles. The van der Waals surface area contributed by atoms with Crippen molar-refractivity contribution in [2.24, 2.45) is 0 Å². The van der Waals surface area contributed by atoms with Gasteiger partial charge in [0.15, 0.2) is 0 Å². The fourth-order valence-electron chi connectivity index (χ4n) is 5.46. The van der Waals surface area contributed by atoms with Crippen molar-refractivity contribution in [1.82, 2.24) is 5.32 Å². The summed E-state index contributed by atoms with van der Waals surface area (Å²) in [7, 11) is 0. The molecule has 0 saturated heterocycles. The number of nitrogens with one attached hydrogen (secondary N) is 3. The van der Waals surface area contributed by atoms with E-state index in [0.717, 1.165) is 47.4 Å². The number of hydrogen-bond acceptors (Lipinski definition) is 7. The zero-order valence-electron chi connectivity index (χ0n) is 27.3. The molecular formula is C38H38FN3O5S2. The number of aryl methyl sites for hydroxylation is 1. The van der Waals surface area contributed by atoms with Crippen LogP contribution in [0.3, 0.4) is 0 Å². The second-order valence-corrected chi connectivity index (χ2v) is 13.8. The van der Waals surface area contributed by atoms with Crippen LogP contribution in [0.15, 0.2) is 89.5 Å². The Morgan fingerprint density at radius 3 is 2.43 bits per heavy atom. The number of ether oxygens (including phenoxy) is 1. The molecular weight excluding hydrogens is 662 g/mol. The molecule has 0 radical (unpaired) electrons. The van der Waals surface area contributed by atoms with Crippen molar-refractivity contribution in [3.05, 3.63) is 118 Å². The van der Waals surface area contributed by atoms with E-state index in [1.807, 2.05) is 13.0 Å². The molecule has 1 unspecified atom stereocenters. The van der Waals surface area contributed by atoms with Gasteiger partial charge in [-0.15, -0.1) is 23.1 Å². The summed E-state index contributed by atoms with van der Waals surface area (Å²) >= 11 is 2.79. The lowest BCUT2D eigenvalue weighted by Gasteiger charge is -2.16. The molecule has 1 aliphatic rings. The first-order valence-corrected chi connectivity index (χ1v) is 18.0. The predicted molar refractivity (Wildman–Crippen MR) is 193 cm³/mol. The molecule has 0 aliphatic heterocycles. The van der Waals surface area contributed by atoms with Gasteiger partial charge >= 0.3 is 5.97 Å². The minimum atomic E-state index is -0.650. The molecule has 1 atom stereocenters. The molecule has 254 valence electrons.